The zero-order valence-corrected chi connectivity index (χ0v) is 25.5. The molecule has 0 aliphatic rings. The number of methoxy groups -OCH3 is 2. The Bertz CT molecular complexity index is 1460. The van der Waals surface area contributed by atoms with Crippen molar-refractivity contribution in [2.75, 3.05) is 33.6 Å². The molecule has 8 nitrogen and oxygen atoms in total. The minimum absolute atomic E-state index is 0. The van der Waals surface area contributed by atoms with E-state index >= 15 is 0 Å². The van der Waals surface area contributed by atoms with Crippen molar-refractivity contribution >= 4 is 34.9 Å². The number of hydrogen-bond donors (Lipinski definition) is 1. The Morgan fingerprint density at radius 1 is 0.929 bits per heavy atom. The standard InChI is InChI=1S/C32H33Cl2N3O4.H2O/c1-37(2)20-24-7-5-6-8-28(24)36-17-21-9-11-22(12-10-21)32(38)41-30(16-25-26(33)18-35-19-27(25)34)23-13-14-29(39-3)31(15-23)40-4;/h5-15,18-19,30,36H,16-17,20H2,1-4H3;1H2/t30-;/m0./s1. The summed E-state index contributed by atoms with van der Waals surface area (Å²) in [7, 11) is 7.22. The van der Waals surface area contributed by atoms with Crippen LogP contribution in [0, 0.1) is 0 Å². The van der Waals surface area contributed by atoms with Gasteiger partial charge >= 0.3 is 5.97 Å². The molecule has 42 heavy (non-hydrogen) atoms. The zero-order chi connectivity index (χ0) is 29.4. The molecule has 0 spiro atoms. The molecule has 3 N–H and O–H groups in total. The lowest BCUT2D eigenvalue weighted by atomic mass is 10.0. The molecular weight excluding hydrogens is 577 g/mol. The highest BCUT2D eigenvalue weighted by atomic mass is 35.5. The maximum atomic E-state index is 13.3. The Morgan fingerprint density at radius 3 is 2.24 bits per heavy atom. The van der Waals surface area contributed by atoms with Crippen LogP contribution in [-0.4, -0.2) is 44.7 Å². The maximum Gasteiger partial charge on any atom is 0.338 e. The molecule has 0 aliphatic heterocycles. The smallest absolute Gasteiger partial charge is 0.338 e. The second-order valence-electron chi connectivity index (χ2n) is 9.79. The van der Waals surface area contributed by atoms with Gasteiger partial charge in [0, 0.05) is 30.8 Å². The molecule has 10 heteroatoms. The number of aromatic nitrogens is 1. The van der Waals surface area contributed by atoms with Crippen molar-refractivity contribution < 1.29 is 29.5 Å². The number of rotatable bonds is 12. The number of halogens is 2. The van der Waals surface area contributed by atoms with Gasteiger partial charge in [-0.1, -0.05) is 59.6 Å². The lowest BCUT2D eigenvalue weighted by Crippen LogP contribution is -2.16. The van der Waals surface area contributed by atoms with Crippen LogP contribution in [0.4, 0.5) is 5.69 Å². The molecule has 1 atom stereocenters. The molecule has 0 radical (unpaired) electrons. The van der Waals surface area contributed by atoms with Crippen molar-refractivity contribution in [3.8, 4) is 11.5 Å². The van der Waals surface area contributed by atoms with E-state index in [-0.39, 0.29) is 11.9 Å². The number of anilines is 1. The average Bonchev–Trinajstić information content (AvgIpc) is 2.97. The quantitative estimate of drug-likeness (QED) is 0.183. The van der Waals surface area contributed by atoms with Gasteiger partial charge in [-0.05, 0) is 61.1 Å². The lowest BCUT2D eigenvalue weighted by molar-refractivity contribution is -0.377. The summed E-state index contributed by atoms with van der Waals surface area (Å²) < 4.78 is 16.9. The van der Waals surface area contributed by atoms with Crippen LogP contribution < -0.4 is 19.8 Å². The molecule has 222 valence electrons. The molecule has 1 aromatic heterocycles. The van der Waals surface area contributed by atoms with Crippen LogP contribution in [0.5, 0.6) is 11.5 Å². The van der Waals surface area contributed by atoms with Crippen molar-refractivity contribution in [3.63, 3.8) is 0 Å². The first-order valence-corrected chi connectivity index (χ1v) is 13.9. The van der Waals surface area contributed by atoms with Crippen molar-refractivity contribution in [2.24, 2.45) is 0 Å². The second kappa shape index (κ2) is 15.4. The number of H-pyrrole nitrogens is 1. The Kier molecular flexibility index (Phi) is 12.0. The highest BCUT2D eigenvalue weighted by molar-refractivity contribution is 6.35. The summed E-state index contributed by atoms with van der Waals surface area (Å²) in [5, 5.41) is 4.40. The number of hydrogen-bond acceptors (Lipinski definition) is 7. The number of ether oxygens (including phenoxy) is 3. The number of carbonyl (C=O) groups excluding carboxylic acids is 1. The van der Waals surface area contributed by atoms with Crippen LogP contribution in [0.2, 0.25) is 10.0 Å². The van der Waals surface area contributed by atoms with Crippen LogP contribution >= 0.6 is 23.2 Å². The van der Waals surface area contributed by atoms with Gasteiger partial charge < -0.3 is 29.9 Å². The van der Waals surface area contributed by atoms with Crippen LogP contribution in [0.25, 0.3) is 0 Å². The predicted molar refractivity (Wildman–Crippen MR) is 164 cm³/mol. The summed E-state index contributed by atoms with van der Waals surface area (Å²) in [6.45, 7) is 1.46. The minimum atomic E-state index is -0.686. The highest BCUT2D eigenvalue weighted by Crippen LogP contribution is 2.35. The van der Waals surface area contributed by atoms with Gasteiger partial charge in [-0.3, -0.25) is 0 Å². The molecule has 0 saturated carbocycles. The molecule has 0 aliphatic carbocycles. The van der Waals surface area contributed by atoms with Gasteiger partial charge in [0.2, 0.25) is 0 Å². The topological polar surface area (TPSA) is 104 Å². The summed E-state index contributed by atoms with van der Waals surface area (Å²) in [5.41, 5.74) is 5.15. The second-order valence-corrected chi connectivity index (χ2v) is 10.6. The SMILES string of the molecule is COc1ccc([C@H](Cc2c(Cl)c[nH+]cc2Cl)OC(=O)c2ccc(CNc3ccccc3CN(C)C)cc2)cc1OC.[OH-]. The predicted octanol–water partition coefficient (Wildman–Crippen LogP) is 6.46. The molecule has 4 aromatic rings. The van der Waals surface area contributed by atoms with Crippen molar-refractivity contribution in [1.29, 1.82) is 0 Å². The van der Waals surface area contributed by atoms with Crippen LogP contribution in [0.1, 0.15) is 38.7 Å². The Labute approximate surface area is 256 Å². The van der Waals surface area contributed by atoms with Crippen LogP contribution in [0.15, 0.2) is 79.1 Å². The third-order valence-electron chi connectivity index (χ3n) is 6.59. The normalized spacial score (nSPS) is 11.4. The van der Waals surface area contributed by atoms with E-state index in [2.05, 4.69) is 27.3 Å². The number of benzene rings is 3. The summed E-state index contributed by atoms with van der Waals surface area (Å²) in [5.74, 6) is 0.629. The molecular formula is C32H35Cl2N3O5. The number of para-hydroxylation sites is 1. The van der Waals surface area contributed by atoms with E-state index in [1.165, 1.54) is 5.56 Å². The lowest BCUT2D eigenvalue weighted by Gasteiger charge is -2.21. The van der Waals surface area contributed by atoms with Gasteiger partial charge in [0.15, 0.2) is 23.9 Å². The van der Waals surface area contributed by atoms with Gasteiger partial charge in [0.25, 0.3) is 0 Å². The summed E-state index contributed by atoms with van der Waals surface area (Å²) in [4.78, 5) is 18.4. The molecule has 3 aromatic carbocycles. The number of nitrogens with zero attached hydrogens (tertiary/aromatic N) is 1. The van der Waals surface area contributed by atoms with Crippen molar-refractivity contribution in [1.82, 2.24) is 4.90 Å². The number of pyridine rings is 1. The van der Waals surface area contributed by atoms with E-state index in [4.69, 9.17) is 37.4 Å². The zero-order valence-electron chi connectivity index (χ0n) is 24.0. The third kappa shape index (κ3) is 8.36. The van der Waals surface area contributed by atoms with Crippen molar-refractivity contribution in [2.45, 2.75) is 25.6 Å². The van der Waals surface area contributed by atoms with E-state index in [1.54, 1.807) is 50.9 Å². The largest absolute Gasteiger partial charge is 0.870 e. The van der Waals surface area contributed by atoms with E-state index in [9.17, 15) is 4.79 Å². The first-order chi connectivity index (χ1) is 19.8. The van der Waals surface area contributed by atoms with E-state index in [1.807, 2.05) is 44.4 Å². The molecule has 0 fully saturated rings. The van der Waals surface area contributed by atoms with Gasteiger partial charge in [-0.15, -0.1) is 0 Å². The van der Waals surface area contributed by atoms with Gasteiger partial charge in [0.1, 0.15) is 16.1 Å². The molecule has 1 heterocycles. The van der Waals surface area contributed by atoms with Crippen LogP contribution in [0.3, 0.4) is 0 Å². The maximum absolute atomic E-state index is 13.3. The van der Waals surface area contributed by atoms with E-state index in [0.717, 1.165) is 17.8 Å². The summed E-state index contributed by atoms with van der Waals surface area (Å²) >= 11 is 12.9. The summed E-state index contributed by atoms with van der Waals surface area (Å²) in [6.07, 6.45) is 2.86. The number of carbonyl (C=O) groups is 1. The van der Waals surface area contributed by atoms with E-state index < -0.39 is 12.1 Å². The fourth-order valence-corrected chi connectivity index (χ4v) is 4.99. The first kappa shape index (κ1) is 32.7. The Hall–Kier alpha value is -3.82. The molecule has 0 bridgehead atoms. The third-order valence-corrected chi connectivity index (χ3v) is 7.27. The Morgan fingerprint density at radius 2 is 1.60 bits per heavy atom. The van der Waals surface area contributed by atoms with Crippen LogP contribution in [-0.2, 0) is 24.2 Å². The van der Waals surface area contributed by atoms with E-state index in [0.29, 0.717) is 44.8 Å². The molecule has 4 rings (SSSR count). The van der Waals surface area contributed by atoms with Gasteiger partial charge in [-0.2, -0.15) is 0 Å². The monoisotopic (exact) mass is 611 g/mol. The first-order valence-electron chi connectivity index (χ1n) is 13.1. The molecule has 0 saturated heterocycles. The molecule has 0 unspecified atom stereocenters. The molecule has 0 amide bonds. The Balaban J connectivity index is 0.00000484. The fourth-order valence-electron chi connectivity index (χ4n) is 4.46. The van der Waals surface area contributed by atoms with Gasteiger partial charge in [-0.25, -0.2) is 9.78 Å². The number of aromatic amines is 1. The van der Waals surface area contributed by atoms with Gasteiger partial charge in [0.05, 0.1) is 19.8 Å². The summed E-state index contributed by atoms with van der Waals surface area (Å²) in [6, 6.07) is 21.0. The highest BCUT2D eigenvalue weighted by Gasteiger charge is 2.24. The average molecular weight is 613 g/mol. The fraction of sp³-hybridized carbons (Fsp3) is 0.250. The number of esters is 1. The van der Waals surface area contributed by atoms with Crippen molar-refractivity contribution in [3.05, 3.63) is 117 Å². The minimum Gasteiger partial charge on any atom is -0.870 e. The number of nitrogens with one attached hydrogen (secondary N) is 2.